The van der Waals surface area contributed by atoms with Gasteiger partial charge in [-0.15, -0.1) is 22.9 Å². The molecule has 0 saturated carbocycles. The standard InChI is InChI=1S/C15H16ClNO2S/c1-19-13-8-14(20-10-13)15(18)17-12(9-16)7-11-5-3-2-4-6-11/h2-6,8,10,12H,7,9H2,1H3,(H,17,18). The van der Waals surface area contributed by atoms with Gasteiger partial charge in [-0.25, -0.2) is 0 Å². The number of ether oxygens (including phenoxy) is 1. The second kappa shape index (κ2) is 7.31. The van der Waals surface area contributed by atoms with E-state index in [9.17, 15) is 4.79 Å². The van der Waals surface area contributed by atoms with Gasteiger partial charge >= 0.3 is 0 Å². The van der Waals surface area contributed by atoms with Crippen LogP contribution in [0.5, 0.6) is 5.75 Å². The first kappa shape index (κ1) is 14.9. The Kier molecular flexibility index (Phi) is 5.44. The third-order valence-electron chi connectivity index (χ3n) is 2.88. The van der Waals surface area contributed by atoms with E-state index < -0.39 is 0 Å². The molecular formula is C15H16ClNO2S. The highest BCUT2D eigenvalue weighted by Gasteiger charge is 2.15. The molecule has 0 spiro atoms. The van der Waals surface area contributed by atoms with Crippen molar-refractivity contribution in [3.8, 4) is 5.75 Å². The SMILES string of the molecule is COc1csc(C(=O)NC(CCl)Cc2ccccc2)c1. The van der Waals surface area contributed by atoms with E-state index in [1.807, 2.05) is 35.7 Å². The normalized spacial score (nSPS) is 11.9. The molecule has 0 bridgehead atoms. The highest BCUT2D eigenvalue weighted by Crippen LogP contribution is 2.21. The van der Waals surface area contributed by atoms with E-state index in [1.54, 1.807) is 13.2 Å². The van der Waals surface area contributed by atoms with Gasteiger partial charge in [0.25, 0.3) is 5.91 Å². The molecule has 106 valence electrons. The summed E-state index contributed by atoms with van der Waals surface area (Å²) in [5.41, 5.74) is 1.15. The molecule has 2 aromatic rings. The van der Waals surface area contributed by atoms with Crippen LogP contribution in [0, 0.1) is 0 Å². The van der Waals surface area contributed by atoms with Crippen LogP contribution in [-0.2, 0) is 6.42 Å². The molecule has 1 unspecified atom stereocenters. The fourth-order valence-corrected chi connectivity index (χ4v) is 2.79. The molecule has 1 N–H and O–H groups in total. The summed E-state index contributed by atoms with van der Waals surface area (Å²) in [5, 5.41) is 4.76. The number of benzene rings is 1. The minimum atomic E-state index is -0.111. The molecule has 1 heterocycles. The van der Waals surface area contributed by atoms with Crippen LogP contribution in [0.4, 0.5) is 0 Å². The van der Waals surface area contributed by atoms with Crippen molar-refractivity contribution in [3.63, 3.8) is 0 Å². The Labute approximate surface area is 127 Å². The molecule has 0 aliphatic rings. The summed E-state index contributed by atoms with van der Waals surface area (Å²) in [6.07, 6.45) is 0.721. The number of methoxy groups -OCH3 is 1. The maximum Gasteiger partial charge on any atom is 0.261 e. The van der Waals surface area contributed by atoms with Gasteiger partial charge in [0.1, 0.15) is 5.75 Å². The number of hydrogen-bond donors (Lipinski definition) is 1. The van der Waals surface area contributed by atoms with Crippen LogP contribution in [0.2, 0.25) is 0 Å². The van der Waals surface area contributed by atoms with Crippen molar-refractivity contribution >= 4 is 28.8 Å². The number of thiophene rings is 1. The number of carbonyl (C=O) groups excluding carboxylic acids is 1. The van der Waals surface area contributed by atoms with Crippen LogP contribution in [0.25, 0.3) is 0 Å². The number of amides is 1. The van der Waals surface area contributed by atoms with Crippen LogP contribution in [0.15, 0.2) is 41.8 Å². The molecule has 2 rings (SSSR count). The summed E-state index contributed by atoms with van der Waals surface area (Å²) in [4.78, 5) is 12.7. The molecule has 1 atom stereocenters. The van der Waals surface area contributed by atoms with Gasteiger partial charge in [0.05, 0.1) is 12.0 Å². The van der Waals surface area contributed by atoms with Crippen LogP contribution in [-0.4, -0.2) is 24.9 Å². The molecule has 1 aromatic carbocycles. The summed E-state index contributed by atoms with van der Waals surface area (Å²) < 4.78 is 5.08. The van der Waals surface area contributed by atoms with Gasteiger partial charge in [0, 0.05) is 23.4 Å². The van der Waals surface area contributed by atoms with Crippen molar-refractivity contribution in [2.45, 2.75) is 12.5 Å². The summed E-state index contributed by atoms with van der Waals surface area (Å²) >= 11 is 7.31. The van der Waals surface area contributed by atoms with Crippen LogP contribution in [0.1, 0.15) is 15.2 Å². The van der Waals surface area contributed by atoms with Crippen molar-refractivity contribution in [3.05, 3.63) is 52.2 Å². The minimum Gasteiger partial charge on any atom is -0.496 e. The first-order valence-electron chi connectivity index (χ1n) is 6.26. The summed E-state index contributed by atoms with van der Waals surface area (Å²) in [6, 6.07) is 11.6. The third kappa shape index (κ3) is 3.99. The molecule has 1 amide bonds. The smallest absolute Gasteiger partial charge is 0.261 e. The Hall–Kier alpha value is -1.52. The Morgan fingerprint density at radius 3 is 2.75 bits per heavy atom. The fraction of sp³-hybridized carbons (Fsp3) is 0.267. The molecule has 0 fully saturated rings. The highest BCUT2D eigenvalue weighted by atomic mass is 35.5. The third-order valence-corrected chi connectivity index (χ3v) is 4.16. The highest BCUT2D eigenvalue weighted by molar-refractivity contribution is 7.12. The van der Waals surface area contributed by atoms with E-state index in [2.05, 4.69) is 5.32 Å². The molecule has 5 heteroatoms. The summed E-state index contributed by atoms with van der Waals surface area (Å²) in [5.74, 6) is 0.967. The van der Waals surface area contributed by atoms with E-state index in [4.69, 9.17) is 16.3 Å². The number of halogens is 1. The second-order valence-corrected chi connectivity index (χ2v) is 5.59. The maximum absolute atomic E-state index is 12.1. The van der Waals surface area contributed by atoms with Gasteiger partial charge in [-0.05, 0) is 12.0 Å². The lowest BCUT2D eigenvalue weighted by Crippen LogP contribution is -2.37. The van der Waals surface area contributed by atoms with Gasteiger partial charge in [0.15, 0.2) is 0 Å². The molecule has 0 radical (unpaired) electrons. The van der Waals surface area contributed by atoms with E-state index >= 15 is 0 Å². The molecule has 3 nitrogen and oxygen atoms in total. The summed E-state index contributed by atoms with van der Waals surface area (Å²) in [7, 11) is 1.58. The van der Waals surface area contributed by atoms with Crippen LogP contribution in [0.3, 0.4) is 0 Å². The second-order valence-electron chi connectivity index (χ2n) is 4.37. The largest absolute Gasteiger partial charge is 0.496 e. The van der Waals surface area contributed by atoms with Crippen molar-refractivity contribution in [1.29, 1.82) is 0 Å². The predicted octanol–water partition coefficient (Wildman–Crippen LogP) is 3.34. The predicted molar refractivity (Wildman–Crippen MR) is 83.0 cm³/mol. The molecule has 20 heavy (non-hydrogen) atoms. The topological polar surface area (TPSA) is 38.3 Å². The summed E-state index contributed by atoms with van der Waals surface area (Å²) in [6.45, 7) is 0. The Bertz CT molecular complexity index is 556. The lowest BCUT2D eigenvalue weighted by molar-refractivity contribution is 0.0944. The quantitative estimate of drug-likeness (QED) is 0.831. The number of carbonyl (C=O) groups is 1. The van der Waals surface area contributed by atoms with Gasteiger partial charge < -0.3 is 10.1 Å². The van der Waals surface area contributed by atoms with Gasteiger partial charge in [0.2, 0.25) is 0 Å². The minimum absolute atomic E-state index is 0.0836. The lowest BCUT2D eigenvalue weighted by Gasteiger charge is -2.15. The lowest BCUT2D eigenvalue weighted by atomic mass is 10.1. The molecule has 0 saturated heterocycles. The zero-order chi connectivity index (χ0) is 14.4. The van der Waals surface area contributed by atoms with Crippen molar-refractivity contribution < 1.29 is 9.53 Å². The van der Waals surface area contributed by atoms with Crippen molar-refractivity contribution in [2.75, 3.05) is 13.0 Å². The number of rotatable bonds is 6. The fourth-order valence-electron chi connectivity index (χ4n) is 1.84. The Balaban J connectivity index is 1.97. The van der Waals surface area contributed by atoms with Crippen molar-refractivity contribution in [2.24, 2.45) is 0 Å². The van der Waals surface area contributed by atoms with E-state index in [0.717, 1.165) is 12.0 Å². The average Bonchev–Trinajstić information content (AvgIpc) is 2.96. The van der Waals surface area contributed by atoms with Gasteiger partial charge in [-0.3, -0.25) is 4.79 Å². The number of nitrogens with one attached hydrogen (secondary N) is 1. The first-order valence-corrected chi connectivity index (χ1v) is 7.67. The van der Waals surface area contributed by atoms with Gasteiger partial charge in [-0.2, -0.15) is 0 Å². The van der Waals surface area contributed by atoms with Crippen LogP contribution >= 0.6 is 22.9 Å². The molecule has 1 aromatic heterocycles. The van der Waals surface area contributed by atoms with Crippen LogP contribution < -0.4 is 10.1 Å². The van der Waals surface area contributed by atoms with E-state index in [1.165, 1.54) is 11.3 Å². The number of hydrogen-bond acceptors (Lipinski definition) is 3. The van der Waals surface area contributed by atoms with E-state index in [0.29, 0.717) is 16.5 Å². The molecule has 0 aliphatic carbocycles. The molecule has 0 aliphatic heterocycles. The molecular weight excluding hydrogens is 294 g/mol. The average molecular weight is 310 g/mol. The van der Waals surface area contributed by atoms with Gasteiger partial charge in [-0.1, -0.05) is 30.3 Å². The Morgan fingerprint density at radius 1 is 1.40 bits per heavy atom. The monoisotopic (exact) mass is 309 g/mol. The zero-order valence-corrected chi connectivity index (χ0v) is 12.7. The number of alkyl halides is 1. The maximum atomic E-state index is 12.1. The van der Waals surface area contributed by atoms with Crippen molar-refractivity contribution in [1.82, 2.24) is 5.32 Å². The zero-order valence-electron chi connectivity index (χ0n) is 11.1. The Morgan fingerprint density at radius 2 is 2.15 bits per heavy atom. The van der Waals surface area contributed by atoms with E-state index in [-0.39, 0.29) is 11.9 Å². The first-order chi connectivity index (χ1) is 9.72.